The second kappa shape index (κ2) is 2.67. The maximum absolute atomic E-state index is 11.0. The Balaban J connectivity index is 1.87. The van der Waals surface area contributed by atoms with Crippen LogP contribution in [0.4, 0.5) is 0 Å². The lowest BCUT2D eigenvalue weighted by Gasteiger charge is -2.37. The van der Waals surface area contributed by atoms with Crippen LogP contribution in [0.1, 0.15) is 5.56 Å². The van der Waals surface area contributed by atoms with Gasteiger partial charge in [0.25, 0.3) is 0 Å². The van der Waals surface area contributed by atoms with Crippen LogP contribution >= 0.6 is 0 Å². The summed E-state index contributed by atoms with van der Waals surface area (Å²) in [5, 5.41) is 11.0. The summed E-state index contributed by atoms with van der Waals surface area (Å²) in [6, 6.07) is 10.1. The van der Waals surface area contributed by atoms with Crippen molar-refractivity contribution in [2.45, 2.75) is 5.60 Å². The van der Waals surface area contributed by atoms with Crippen LogP contribution in [-0.2, 0) is 5.60 Å². The van der Waals surface area contributed by atoms with Gasteiger partial charge in [-0.15, -0.1) is 0 Å². The predicted molar refractivity (Wildman–Crippen MR) is 62.6 cm³/mol. The molecule has 0 aliphatic heterocycles. The van der Waals surface area contributed by atoms with E-state index in [-0.39, 0.29) is 0 Å². The maximum Gasteiger partial charge on any atom is 0.103 e. The summed E-state index contributed by atoms with van der Waals surface area (Å²) in [5.41, 5.74) is 0.423. The summed E-state index contributed by atoms with van der Waals surface area (Å²) >= 11 is 0. The number of hydrogen-bond acceptors (Lipinski definition) is 1. The van der Waals surface area contributed by atoms with Gasteiger partial charge in [-0.25, -0.2) is 0 Å². The highest BCUT2D eigenvalue weighted by atomic mass is 16.3. The van der Waals surface area contributed by atoms with Crippen molar-refractivity contribution in [2.75, 3.05) is 0 Å². The van der Waals surface area contributed by atoms with Crippen molar-refractivity contribution in [3.8, 4) is 0 Å². The van der Waals surface area contributed by atoms with Crippen molar-refractivity contribution < 1.29 is 5.11 Å². The van der Waals surface area contributed by atoms with Crippen LogP contribution < -0.4 is 0 Å². The highest BCUT2D eigenvalue weighted by molar-refractivity contribution is 5.41. The molecule has 0 radical (unpaired) electrons. The van der Waals surface area contributed by atoms with Crippen molar-refractivity contribution in [2.24, 2.45) is 23.7 Å². The van der Waals surface area contributed by atoms with E-state index in [1.54, 1.807) is 0 Å². The van der Waals surface area contributed by atoms with Crippen LogP contribution in [0.15, 0.2) is 54.6 Å². The van der Waals surface area contributed by atoms with Gasteiger partial charge in [0.15, 0.2) is 0 Å². The fourth-order valence-electron chi connectivity index (χ4n) is 3.63. The first kappa shape index (κ1) is 8.77. The zero-order valence-electron chi connectivity index (χ0n) is 8.95. The molecule has 4 rings (SSSR count). The number of aliphatic hydroxyl groups is 1. The smallest absolute Gasteiger partial charge is 0.103 e. The van der Waals surface area contributed by atoms with Crippen LogP contribution in [0, 0.1) is 23.7 Å². The summed E-state index contributed by atoms with van der Waals surface area (Å²) in [5.74, 6) is 1.78. The van der Waals surface area contributed by atoms with Crippen molar-refractivity contribution in [1.29, 1.82) is 0 Å². The topological polar surface area (TPSA) is 20.2 Å². The van der Waals surface area contributed by atoms with Crippen molar-refractivity contribution in [3.63, 3.8) is 0 Å². The van der Waals surface area contributed by atoms with Gasteiger partial charge in [-0.3, -0.25) is 0 Å². The fraction of sp³-hybridized carbons (Fsp3) is 0.333. The minimum Gasteiger partial charge on any atom is -0.384 e. The van der Waals surface area contributed by atoms with Crippen LogP contribution in [0.25, 0.3) is 0 Å². The van der Waals surface area contributed by atoms with Crippen LogP contribution in [0.5, 0.6) is 0 Å². The lowest BCUT2D eigenvalue weighted by atomic mass is 9.72. The molecule has 1 saturated carbocycles. The summed E-state index contributed by atoms with van der Waals surface area (Å²) in [4.78, 5) is 0. The van der Waals surface area contributed by atoms with Gasteiger partial charge in [0.2, 0.25) is 0 Å². The number of benzene rings is 1. The highest BCUT2D eigenvalue weighted by Crippen LogP contribution is 2.63. The molecule has 0 bridgehead atoms. The molecule has 0 saturated heterocycles. The molecule has 0 spiro atoms. The van der Waals surface area contributed by atoms with E-state index < -0.39 is 5.60 Å². The monoisotopic (exact) mass is 210 g/mol. The SMILES string of the molecule is OC1(c2ccccc2)C2C=C[C@H]2[C@@H]2C=C[C@@H]21. The number of allylic oxidation sites excluding steroid dienone is 2. The molecule has 1 fully saturated rings. The van der Waals surface area contributed by atoms with Gasteiger partial charge in [0.1, 0.15) is 5.60 Å². The van der Waals surface area contributed by atoms with E-state index in [2.05, 4.69) is 36.4 Å². The van der Waals surface area contributed by atoms with Gasteiger partial charge in [-0.2, -0.15) is 0 Å². The van der Waals surface area contributed by atoms with E-state index in [9.17, 15) is 5.11 Å². The number of fused-ring (bicyclic) bond motifs is 3. The van der Waals surface area contributed by atoms with Crippen LogP contribution in [0.2, 0.25) is 0 Å². The van der Waals surface area contributed by atoms with E-state index in [0.717, 1.165) is 5.56 Å². The maximum atomic E-state index is 11.0. The third-order valence-corrected chi connectivity index (χ3v) is 4.61. The Morgan fingerprint density at radius 1 is 0.812 bits per heavy atom. The minimum atomic E-state index is -0.653. The van der Waals surface area contributed by atoms with Crippen molar-refractivity contribution >= 4 is 0 Å². The normalized spacial score (nSPS) is 46.8. The molecule has 3 aliphatic rings. The summed E-state index contributed by atoms with van der Waals surface area (Å²) in [7, 11) is 0. The molecular weight excluding hydrogens is 196 g/mol. The molecule has 0 amide bonds. The molecule has 80 valence electrons. The average molecular weight is 210 g/mol. The van der Waals surface area contributed by atoms with E-state index in [1.807, 2.05) is 18.2 Å². The third-order valence-electron chi connectivity index (χ3n) is 4.61. The molecule has 0 heterocycles. The van der Waals surface area contributed by atoms with Gasteiger partial charge < -0.3 is 5.11 Å². The largest absolute Gasteiger partial charge is 0.384 e. The van der Waals surface area contributed by atoms with E-state index in [0.29, 0.717) is 23.7 Å². The molecule has 1 aromatic rings. The third kappa shape index (κ3) is 0.791. The Hall–Kier alpha value is -1.34. The van der Waals surface area contributed by atoms with Gasteiger partial charge in [0, 0.05) is 11.8 Å². The molecule has 3 aliphatic carbocycles. The lowest BCUT2D eigenvalue weighted by molar-refractivity contribution is -0.0251. The second-order valence-electron chi connectivity index (χ2n) is 5.17. The van der Waals surface area contributed by atoms with Gasteiger partial charge in [-0.05, 0) is 17.4 Å². The van der Waals surface area contributed by atoms with Crippen molar-refractivity contribution in [1.82, 2.24) is 0 Å². The first-order chi connectivity index (χ1) is 7.82. The Morgan fingerprint density at radius 2 is 1.38 bits per heavy atom. The molecule has 1 aromatic carbocycles. The number of hydrogen-bond donors (Lipinski definition) is 1. The Labute approximate surface area is 95.1 Å². The van der Waals surface area contributed by atoms with Gasteiger partial charge in [-0.1, -0.05) is 54.6 Å². The molecular formula is C15H14O. The lowest BCUT2D eigenvalue weighted by Crippen LogP contribution is -2.39. The molecule has 1 nitrogen and oxygen atoms in total. The molecule has 1 heteroatoms. The Morgan fingerprint density at radius 3 is 1.81 bits per heavy atom. The minimum absolute atomic E-state index is 0.319. The van der Waals surface area contributed by atoms with Gasteiger partial charge in [0.05, 0.1) is 0 Å². The molecule has 5 atom stereocenters. The van der Waals surface area contributed by atoms with Crippen molar-refractivity contribution in [3.05, 3.63) is 60.2 Å². The first-order valence-electron chi connectivity index (χ1n) is 5.96. The number of rotatable bonds is 1. The summed E-state index contributed by atoms with van der Waals surface area (Å²) in [6.45, 7) is 0. The van der Waals surface area contributed by atoms with Crippen LogP contribution in [0.3, 0.4) is 0 Å². The standard InChI is InChI=1S/C15H14O/c16-15(10-4-2-1-3-5-10)13-8-6-11(13)12-7-9-14(12)15/h1-9,11-14,16H/t11-,12-,13-,14?,15?/m0/s1. The zero-order valence-corrected chi connectivity index (χ0v) is 8.95. The Bertz CT molecular complexity index is 461. The molecule has 2 unspecified atom stereocenters. The van der Waals surface area contributed by atoms with Crippen LogP contribution in [-0.4, -0.2) is 5.11 Å². The van der Waals surface area contributed by atoms with E-state index >= 15 is 0 Å². The van der Waals surface area contributed by atoms with E-state index in [1.165, 1.54) is 0 Å². The fourth-order valence-corrected chi connectivity index (χ4v) is 3.63. The quantitative estimate of drug-likeness (QED) is 0.706. The molecule has 16 heavy (non-hydrogen) atoms. The second-order valence-corrected chi connectivity index (χ2v) is 5.17. The zero-order chi connectivity index (χ0) is 10.8. The molecule has 0 aromatic heterocycles. The predicted octanol–water partition coefficient (Wildman–Crippen LogP) is 2.49. The van der Waals surface area contributed by atoms with Gasteiger partial charge >= 0.3 is 0 Å². The summed E-state index contributed by atoms with van der Waals surface area (Å²) in [6.07, 6.45) is 8.87. The average Bonchev–Trinajstić information content (AvgIpc) is 2.33. The highest BCUT2D eigenvalue weighted by Gasteiger charge is 2.62. The Kier molecular flexibility index (Phi) is 1.46. The van der Waals surface area contributed by atoms with E-state index in [4.69, 9.17) is 0 Å². The molecule has 1 N–H and O–H groups in total. The summed E-state index contributed by atoms with van der Waals surface area (Å²) < 4.78 is 0. The first-order valence-corrected chi connectivity index (χ1v) is 5.96.